The monoisotopic (exact) mass is 225 g/mol. The molecule has 2 fully saturated rings. The first-order chi connectivity index (χ1) is 7.74. The van der Waals surface area contributed by atoms with Gasteiger partial charge in [-0.15, -0.1) is 0 Å². The van der Waals surface area contributed by atoms with Gasteiger partial charge in [0.15, 0.2) is 0 Å². The van der Waals surface area contributed by atoms with Crippen LogP contribution in [-0.2, 0) is 4.74 Å². The molecule has 2 heteroatoms. The molecule has 2 aliphatic rings. The minimum atomic E-state index is 0.529. The Hall–Kier alpha value is -0.0800. The molecular weight excluding hydrogens is 198 g/mol. The number of ether oxygens (including phenoxy) is 1. The van der Waals surface area contributed by atoms with Gasteiger partial charge in [0.2, 0.25) is 0 Å². The molecule has 1 aliphatic heterocycles. The molecule has 0 aromatic heterocycles. The first kappa shape index (κ1) is 12.4. The quantitative estimate of drug-likeness (QED) is 0.750. The smallest absolute Gasteiger partial charge is 0.0590 e. The summed E-state index contributed by atoms with van der Waals surface area (Å²) in [5, 5.41) is 3.72. The van der Waals surface area contributed by atoms with E-state index in [9.17, 15) is 0 Å². The van der Waals surface area contributed by atoms with Crippen LogP contribution in [0.5, 0.6) is 0 Å². The van der Waals surface area contributed by atoms with Crippen LogP contribution in [0, 0.1) is 5.41 Å². The fourth-order valence-corrected chi connectivity index (χ4v) is 3.03. The summed E-state index contributed by atoms with van der Waals surface area (Å²) in [4.78, 5) is 0. The van der Waals surface area contributed by atoms with Gasteiger partial charge in [-0.2, -0.15) is 0 Å². The summed E-state index contributed by atoms with van der Waals surface area (Å²) < 4.78 is 5.68. The van der Waals surface area contributed by atoms with Gasteiger partial charge in [0.05, 0.1) is 6.10 Å². The van der Waals surface area contributed by atoms with Gasteiger partial charge in [-0.1, -0.05) is 13.3 Å². The van der Waals surface area contributed by atoms with Crippen LogP contribution in [-0.4, -0.2) is 25.3 Å². The van der Waals surface area contributed by atoms with Gasteiger partial charge in [-0.05, 0) is 50.9 Å². The summed E-state index contributed by atoms with van der Waals surface area (Å²) in [5.74, 6) is 0. The maximum atomic E-state index is 5.68. The van der Waals surface area contributed by atoms with Gasteiger partial charge in [0.1, 0.15) is 0 Å². The van der Waals surface area contributed by atoms with Crippen molar-refractivity contribution in [2.75, 3.05) is 13.2 Å². The molecule has 0 aromatic rings. The molecule has 0 amide bonds. The standard InChI is InChI=1S/C14H27NO/c1-3-14(7-5-8-14)11-15-12(2)10-13-6-4-9-16-13/h12-13,15H,3-11H2,1-2H3. The van der Waals surface area contributed by atoms with Crippen molar-refractivity contribution >= 4 is 0 Å². The van der Waals surface area contributed by atoms with Crippen LogP contribution in [0.2, 0.25) is 0 Å². The Balaban J connectivity index is 1.64. The minimum Gasteiger partial charge on any atom is -0.378 e. The third kappa shape index (κ3) is 2.98. The molecule has 2 nitrogen and oxygen atoms in total. The van der Waals surface area contributed by atoms with E-state index in [2.05, 4.69) is 19.2 Å². The van der Waals surface area contributed by atoms with E-state index in [0.717, 1.165) is 6.61 Å². The van der Waals surface area contributed by atoms with Crippen LogP contribution in [0.4, 0.5) is 0 Å². The van der Waals surface area contributed by atoms with Gasteiger partial charge >= 0.3 is 0 Å². The normalized spacial score (nSPS) is 30.0. The highest BCUT2D eigenvalue weighted by Crippen LogP contribution is 2.43. The fourth-order valence-electron chi connectivity index (χ4n) is 3.03. The van der Waals surface area contributed by atoms with Crippen molar-refractivity contribution < 1.29 is 4.74 Å². The Kier molecular flexibility index (Phi) is 4.26. The molecule has 0 bridgehead atoms. The van der Waals surface area contributed by atoms with E-state index in [-0.39, 0.29) is 0 Å². The first-order valence-corrected chi connectivity index (χ1v) is 7.09. The minimum absolute atomic E-state index is 0.529. The largest absolute Gasteiger partial charge is 0.378 e. The molecule has 1 aliphatic carbocycles. The molecule has 2 unspecified atom stereocenters. The van der Waals surface area contributed by atoms with E-state index in [0.29, 0.717) is 17.6 Å². The van der Waals surface area contributed by atoms with Crippen LogP contribution < -0.4 is 5.32 Å². The summed E-state index contributed by atoms with van der Waals surface area (Å²) in [7, 11) is 0. The molecule has 1 N–H and O–H groups in total. The number of rotatable bonds is 6. The predicted octanol–water partition coefficient (Wildman–Crippen LogP) is 3.11. The average molecular weight is 225 g/mol. The van der Waals surface area contributed by atoms with Gasteiger partial charge < -0.3 is 10.1 Å². The number of hydrogen-bond donors (Lipinski definition) is 1. The van der Waals surface area contributed by atoms with Crippen molar-refractivity contribution in [1.29, 1.82) is 0 Å². The van der Waals surface area contributed by atoms with E-state index < -0.39 is 0 Å². The Morgan fingerprint density at radius 2 is 2.19 bits per heavy atom. The van der Waals surface area contributed by atoms with E-state index in [1.165, 1.54) is 51.5 Å². The Labute approximate surface area is 100 Å². The van der Waals surface area contributed by atoms with Crippen LogP contribution in [0.3, 0.4) is 0 Å². The van der Waals surface area contributed by atoms with Gasteiger partial charge in [0.25, 0.3) is 0 Å². The Bertz CT molecular complexity index is 201. The van der Waals surface area contributed by atoms with Crippen molar-refractivity contribution in [2.24, 2.45) is 5.41 Å². The summed E-state index contributed by atoms with van der Waals surface area (Å²) in [6, 6.07) is 0.618. The lowest BCUT2D eigenvalue weighted by atomic mass is 9.67. The lowest BCUT2D eigenvalue weighted by Gasteiger charge is -2.42. The van der Waals surface area contributed by atoms with Crippen LogP contribution in [0.25, 0.3) is 0 Å². The zero-order chi connectivity index (χ0) is 11.4. The molecular formula is C14H27NO. The molecule has 0 radical (unpaired) electrons. The fraction of sp³-hybridized carbons (Fsp3) is 1.00. The Morgan fingerprint density at radius 1 is 1.38 bits per heavy atom. The molecule has 1 heterocycles. The summed E-state index contributed by atoms with van der Waals surface area (Å²) in [6.45, 7) is 6.85. The summed E-state index contributed by atoms with van der Waals surface area (Å²) in [5.41, 5.74) is 0.644. The summed E-state index contributed by atoms with van der Waals surface area (Å²) in [6.07, 6.45) is 9.90. The SMILES string of the molecule is CCC1(CNC(C)CC2CCCO2)CCC1. The molecule has 0 aromatic carbocycles. The lowest BCUT2D eigenvalue weighted by Crippen LogP contribution is -2.43. The van der Waals surface area contributed by atoms with Crippen LogP contribution >= 0.6 is 0 Å². The van der Waals surface area contributed by atoms with E-state index >= 15 is 0 Å². The van der Waals surface area contributed by atoms with Crippen LogP contribution in [0.1, 0.15) is 58.8 Å². The predicted molar refractivity (Wildman–Crippen MR) is 67.6 cm³/mol. The highest BCUT2D eigenvalue weighted by molar-refractivity contribution is 4.89. The maximum absolute atomic E-state index is 5.68. The molecule has 94 valence electrons. The first-order valence-electron chi connectivity index (χ1n) is 7.09. The summed E-state index contributed by atoms with van der Waals surface area (Å²) >= 11 is 0. The number of nitrogens with one attached hydrogen (secondary N) is 1. The molecule has 16 heavy (non-hydrogen) atoms. The van der Waals surface area contributed by atoms with Gasteiger partial charge in [-0.3, -0.25) is 0 Å². The molecule has 0 spiro atoms. The van der Waals surface area contributed by atoms with Crippen molar-refractivity contribution in [3.05, 3.63) is 0 Å². The second kappa shape index (κ2) is 5.50. The Morgan fingerprint density at radius 3 is 2.69 bits per heavy atom. The molecule has 2 atom stereocenters. The van der Waals surface area contributed by atoms with Crippen molar-refractivity contribution in [1.82, 2.24) is 5.32 Å². The van der Waals surface area contributed by atoms with E-state index in [4.69, 9.17) is 4.74 Å². The highest BCUT2D eigenvalue weighted by atomic mass is 16.5. The van der Waals surface area contributed by atoms with Crippen molar-refractivity contribution in [2.45, 2.75) is 70.9 Å². The van der Waals surface area contributed by atoms with Crippen molar-refractivity contribution in [3.8, 4) is 0 Å². The average Bonchev–Trinajstić information content (AvgIpc) is 2.69. The van der Waals surface area contributed by atoms with Gasteiger partial charge in [-0.25, -0.2) is 0 Å². The maximum Gasteiger partial charge on any atom is 0.0590 e. The van der Waals surface area contributed by atoms with Crippen LogP contribution in [0.15, 0.2) is 0 Å². The topological polar surface area (TPSA) is 21.3 Å². The highest BCUT2D eigenvalue weighted by Gasteiger charge is 2.34. The molecule has 2 rings (SSSR count). The zero-order valence-corrected chi connectivity index (χ0v) is 10.9. The second-order valence-electron chi connectivity index (χ2n) is 5.86. The number of hydrogen-bond acceptors (Lipinski definition) is 2. The van der Waals surface area contributed by atoms with Gasteiger partial charge in [0, 0.05) is 19.2 Å². The van der Waals surface area contributed by atoms with Crippen molar-refractivity contribution in [3.63, 3.8) is 0 Å². The molecule has 1 saturated carbocycles. The van der Waals surface area contributed by atoms with E-state index in [1.54, 1.807) is 0 Å². The zero-order valence-electron chi connectivity index (χ0n) is 10.9. The lowest BCUT2D eigenvalue weighted by molar-refractivity contribution is 0.0861. The second-order valence-corrected chi connectivity index (χ2v) is 5.86. The van der Waals surface area contributed by atoms with E-state index in [1.807, 2.05) is 0 Å². The third-order valence-corrected chi connectivity index (χ3v) is 4.63. The molecule has 1 saturated heterocycles. The third-order valence-electron chi connectivity index (χ3n) is 4.63.